The molecule has 10 rings (SSSR count). The van der Waals surface area contributed by atoms with Crippen molar-refractivity contribution in [3.63, 3.8) is 0 Å². The summed E-state index contributed by atoms with van der Waals surface area (Å²) in [7, 11) is -2.34. The number of phosphoric acid groups is 1. The van der Waals surface area contributed by atoms with E-state index in [1.54, 1.807) is 0 Å². The van der Waals surface area contributed by atoms with Gasteiger partial charge in [-0.3, -0.25) is 13.6 Å². The average molecular weight is 729 g/mol. The summed E-state index contributed by atoms with van der Waals surface area (Å²) in [5.74, 6) is 1.22. The molecule has 10 aliphatic rings. The van der Waals surface area contributed by atoms with E-state index in [9.17, 15) is 4.57 Å². The van der Waals surface area contributed by atoms with Crippen LogP contribution in [-0.4, -0.2) is 67.9 Å². The van der Waals surface area contributed by atoms with E-state index in [1.165, 1.54) is 20.0 Å². The zero-order chi connectivity index (χ0) is 35.1. The van der Waals surface area contributed by atoms with Gasteiger partial charge >= 0.3 is 7.82 Å². The van der Waals surface area contributed by atoms with Crippen molar-refractivity contribution in [2.75, 3.05) is 20.3 Å². The van der Waals surface area contributed by atoms with Crippen LogP contribution in [0.15, 0.2) is 0 Å². The highest BCUT2D eigenvalue weighted by atomic mass is 31.2. The number of fused-ring (bicyclic) bond motifs is 4. The first kappa shape index (κ1) is 36.8. The van der Waals surface area contributed by atoms with Crippen LogP contribution in [0.4, 0.5) is 0 Å². The average Bonchev–Trinajstić information content (AvgIpc) is 3.47. The van der Waals surface area contributed by atoms with Crippen molar-refractivity contribution in [3.05, 3.63) is 0 Å². The third-order valence-corrected chi connectivity index (χ3v) is 16.0. The van der Waals surface area contributed by atoms with Crippen molar-refractivity contribution in [1.82, 2.24) is 0 Å². The standard InChI is InChI=1S/C37H61O12P/c1-22-12-14-28-24(3)30(42-32-36(28)26(22)16-18-34(5,44-32)46-48-36)10-8-20-40-50(38,39-7)41-21-9-11-31-25(4)29-15-13-23(2)27-17-19-35(6)45-33(43-31)37(27,29)49-47-35/h22-33H,8-21H2,1-7H3/t22-,23-,24-,25-,26+,27+,28+,29+,30-,31-,32-,33-,34-,35-,36-,37-/m1/s1. The molecule has 8 heterocycles. The molecule has 2 spiro atoms. The predicted molar refractivity (Wildman–Crippen MR) is 179 cm³/mol. The quantitative estimate of drug-likeness (QED) is 0.117. The maximum atomic E-state index is 13.4. The van der Waals surface area contributed by atoms with Crippen molar-refractivity contribution in [3.8, 4) is 0 Å². The first-order valence-corrected chi connectivity index (χ1v) is 21.2. The molecule has 0 aromatic rings. The third-order valence-electron chi connectivity index (χ3n) is 14.6. The third kappa shape index (κ3) is 5.93. The van der Waals surface area contributed by atoms with Crippen LogP contribution in [-0.2, 0) is 56.6 Å². The second-order valence-electron chi connectivity index (χ2n) is 17.5. The minimum absolute atomic E-state index is 0.0332. The van der Waals surface area contributed by atoms with E-state index in [-0.39, 0.29) is 49.1 Å². The van der Waals surface area contributed by atoms with E-state index in [0.717, 1.165) is 51.4 Å². The SMILES string of the molecule is COP(=O)(OCCC[C@H]1O[C@@H]2O[C@@]3(C)CC[C@H]4[C@H](C)CC[C@@H]([C@H]1C)[C@@]24OO3)OCCC[C@H]1O[C@@H]2O[C@@]3(C)CC[C@H]4[C@H](C)CC[C@@H]([C@H]1C)[C@@]24OO3. The number of hydrogen-bond acceptors (Lipinski definition) is 12. The molecule has 0 radical (unpaired) electrons. The lowest BCUT2D eigenvalue weighted by Gasteiger charge is -2.60. The summed E-state index contributed by atoms with van der Waals surface area (Å²) in [6, 6.07) is 0. The van der Waals surface area contributed by atoms with Gasteiger partial charge in [0.1, 0.15) is 0 Å². The highest BCUT2D eigenvalue weighted by Crippen LogP contribution is 2.62. The van der Waals surface area contributed by atoms with Crippen molar-refractivity contribution in [2.24, 2.45) is 47.3 Å². The van der Waals surface area contributed by atoms with E-state index in [4.69, 9.17) is 52.1 Å². The second kappa shape index (κ2) is 13.5. The Labute approximate surface area is 297 Å². The summed E-state index contributed by atoms with van der Waals surface area (Å²) in [4.78, 5) is 24.5. The normalized spacial score (nSPS) is 52.5. The van der Waals surface area contributed by atoms with E-state index in [2.05, 4.69) is 27.7 Å². The van der Waals surface area contributed by atoms with Gasteiger partial charge in [-0.2, -0.15) is 0 Å². The molecule has 286 valence electrons. The van der Waals surface area contributed by atoms with Gasteiger partial charge in [-0.15, -0.1) is 0 Å². The van der Waals surface area contributed by atoms with E-state index in [1.807, 2.05) is 13.8 Å². The number of phosphoric ester groups is 1. The molecule has 12 nitrogen and oxygen atoms in total. The van der Waals surface area contributed by atoms with E-state index in [0.29, 0.717) is 36.5 Å². The van der Waals surface area contributed by atoms with Crippen molar-refractivity contribution in [2.45, 2.75) is 166 Å². The largest absolute Gasteiger partial charge is 0.474 e. The van der Waals surface area contributed by atoms with Gasteiger partial charge in [-0.25, -0.2) is 24.1 Å². The topological polar surface area (TPSA) is 119 Å². The van der Waals surface area contributed by atoms with Crippen LogP contribution >= 0.6 is 7.82 Å². The van der Waals surface area contributed by atoms with Crippen LogP contribution in [0.3, 0.4) is 0 Å². The van der Waals surface area contributed by atoms with Crippen molar-refractivity contribution < 1.29 is 56.6 Å². The molecule has 0 amide bonds. The summed E-state index contributed by atoms with van der Waals surface area (Å²) in [5, 5.41) is 0. The van der Waals surface area contributed by atoms with Gasteiger partial charge in [0.05, 0.1) is 25.4 Å². The van der Waals surface area contributed by atoms with Gasteiger partial charge in [0.15, 0.2) is 23.8 Å². The van der Waals surface area contributed by atoms with Crippen LogP contribution in [0.5, 0.6) is 0 Å². The Hall–Kier alpha value is -0.210. The lowest BCUT2D eigenvalue weighted by Crippen LogP contribution is -2.70. The fraction of sp³-hybridized carbons (Fsp3) is 1.00. The van der Waals surface area contributed by atoms with Crippen LogP contribution < -0.4 is 0 Å². The fourth-order valence-electron chi connectivity index (χ4n) is 11.7. The van der Waals surface area contributed by atoms with Crippen molar-refractivity contribution in [1.29, 1.82) is 0 Å². The van der Waals surface area contributed by atoms with Crippen molar-refractivity contribution >= 4 is 7.82 Å². The Morgan fingerprint density at radius 2 is 1.06 bits per heavy atom. The van der Waals surface area contributed by atoms with Gasteiger partial charge < -0.3 is 18.9 Å². The molecule has 0 unspecified atom stereocenters. The summed E-state index contributed by atoms with van der Waals surface area (Å²) >= 11 is 0. The van der Waals surface area contributed by atoms with Gasteiger partial charge in [-0.05, 0) is 114 Å². The molecule has 16 atom stereocenters. The van der Waals surface area contributed by atoms with Gasteiger partial charge in [0.25, 0.3) is 0 Å². The Balaban J connectivity index is 0.824. The molecule has 50 heavy (non-hydrogen) atoms. The molecular formula is C37H61O12P. The maximum absolute atomic E-state index is 13.4. The van der Waals surface area contributed by atoms with Gasteiger partial charge in [0, 0.05) is 31.8 Å². The Bertz CT molecular complexity index is 1200. The first-order valence-electron chi connectivity index (χ1n) is 19.7. The van der Waals surface area contributed by atoms with Crippen LogP contribution in [0.2, 0.25) is 0 Å². The molecule has 0 N–H and O–H groups in total. The van der Waals surface area contributed by atoms with Crippen LogP contribution in [0.1, 0.15) is 119 Å². The second-order valence-corrected chi connectivity index (χ2v) is 19.2. The lowest BCUT2D eigenvalue weighted by atomic mass is 9.57. The molecule has 2 saturated carbocycles. The monoisotopic (exact) mass is 728 g/mol. The number of hydrogen-bond donors (Lipinski definition) is 0. The minimum Gasteiger partial charge on any atom is -0.346 e. The van der Waals surface area contributed by atoms with E-state index >= 15 is 0 Å². The molecule has 0 aromatic carbocycles. The molecule has 8 aliphatic heterocycles. The summed E-state index contributed by atoms with van der Waals surface area (Å²) in [5.41, 5.74) is -1.14. The maximum Gasteiger partial charge on any atom is 0.474 e. The zero-order valence-corrected chi connectivity index (χ0v) is 32.1. The highest BCUT2D eigenvalue weighted by molar-refractivity contribution is 7.48. The summed E-state index contributed by atoms with van der Waals surface area (Å²) in [6.45, 7) is 13.6. The molecular weight excluding hydrogens is 667 g/mol. The molecule has 10 fully saturated rings. The number of rotatable bonds is 11. The lowest BCUT2D eigenvalue weighted by molar-refractivity contribution is -0.571. The summed E-state index contributed by atoms with van der Waals surface area (Å²) < 4.78 is 56.7. The zero-order valence-electron chi connectivity index (χ0n) is 31.2. The smallest absolute Gasteiger partial charge is 0.346 e. The molecule has 13 heteroatoms. The minimum atomic E-state index is -3.72. The van der Waals surface area contributed by atoms with Crippen LogP contribution in [0.25, 0.3) is 0 Å². The Morgan fingerprint density at radius 3 is 1.48 bits per heavy atom. The Morgan fingerprint density at radius 1 is 0.620 bits per heavy atom. The highest BCUT2D eigenvalue weighted by Gasteiger charge is 2.70. The van der Waals surface area contributed by atoms with Gasteiger partial charge in [0.2, 0.25) is 11.6 Å². The number of ether oxygens (including phenoxy) is 4. The Kier molecular flexibility index (Phi) is 9.94. The molecule has 2 aliphatic carbocycles. The summed E-state index contributed by atoms with van der Waals surface area (Å²) in [6.07, 6.45) is 9.85. The fourth-order valence-corrected chi connectivity index (χ4v) is 12.7. The van der Waals surface area contributed by atoms with Crippen LogP contribution in [0, 0.1) is 47.3 Å². The molecule has 0 aromatic heterocycles. The van der Waals surface area contributed by atoms with E-state index < -0.39 is 43.2 Å². The molecule has 8 saturated heterocycles. The molecule has 4 bridgehead atoms. The first-order chi connectivity index (χ1) is 23.9. The predicted octanol–water partition coefficient (Wildman–Crippen LogP) is 7.84. The van der Waals surface area contributed by atoms with Gasteiger partial charge in [-0.1, -0.05) is 27.7 Å².